The molecule has 0 aromatic heterocycles. The monoisotopic (exact) mass is 558 g/mol. The summed E-state index contributed by atoms with van der Waals surface area (Å²) in [7, 11) is 2.83. The van der Waals surface area contributed by atoms with Crippen molar-refractivity contribution in [1.82, 2.24) is 4.90 Å². The standard InChI is InChI=1S/C29H29ClF2N2O5/c1-28(2,3)39-27(36)34(4)15-29(16-9-7-6-8-10-16)14-18-21(38-29)13-19(31)24(30)22(18)23-17(26(33)35)11-12-20(37-5)25(23)32/h6-13H,14-15H2,1-5H3,(H2,33,35)/t29-/m1/s1. The summed E-state index contributed by atoms with van der Waals surface area (Å²) in [5.41, 5.74) is 4.07. The number of nitrogens with two attached hydrogens (primary N) is 1. The number of hydrogen-bond acceptors (Lipinski definition) is 5. The molecule has 7 nitrogen and oxygen atoms in total. The van der Waals surface area contributed by atoms with Crippen molar-refractivity contribution < 1.29 is 32.6 Å². The Kier molecular flexibility index (Phi) is 7.49. The first-order chi connectivity index (χ1) is 18.3. The second-order valence-electron chi connectivity index (χ2n) is 10.4. The van der Waals surface area contributed by atoms with Crippen LogP contribution in [0.2, 0.25) is 5.02 Å². The van der Waals surface area contributed by atoms with Gasteiger partial charge in [0.2, 0.25) is 5.91 Å². The van der Waals surface area contributed by atoms with E-state index in [1.54, 1.807) is 40.0 Å². The molecule has 0 aliphatic carbocycles. The van der Waals surface area contributed by atoms with E-state index in [1.807, 2.05) is 18.2 Å². The van der Waals surface area contributed by atoms with Gasteiger partial charge in [-0.25, -0.2) is 13.6 Å². The number of amides is 2. The highest BCUT2D eigenvalue weighted by Gasteiger charge is 2.46. The second-order valence-corrected chi connectivity index (χ2v) is 10.7. The lowest BCUT2D eigenvalue weighted by molar-refractivity contribution is 0.00576. The van der Waals surface area contributed by atoms with E-state index in [2.05, 4.69) is 0 Å². The number of likely N-dealkylation sites (N-methyl/N-ethyl adjacent to an activating group) is 1. The molecule has 1 aliphatic rings. The van der Waals surface area contributed by atoms with Crippen LogP contribution in [0, 0.1) is 11.6 Å². The summed E-state index contributed by atoms with van der Waals surface area (Å²) < 4.78 is 48.0. The highest BCUT2D eigenvalue weighted by Crippen LogP contribution is 2.51. The second kappa shape index (κ2) is 10.4. The lowest BCUT2D eigenvalue weighted by Gasteiger charge is -2.34. The molecule has 1 heterocycles. The Bertz CT molecular complexity index is 1440. The smallest absolute Gasteiger partial charge is 0.410 e. The van der Waals surface area contributed by atoms with Gasteiger partial charge in [0.25, 0.3) is 0 Å². The molecule has 2 amide bonds. The van der Waals surface area contributed by atoms with Gasteiger partial charge in [-0.15, -0.1) is 0 Å². The molecule has 1 aliphatic heterocycles. The van der Waals surface area contributed by atoms with Crippen LogP contribution < -0.4 is 15.2 Å². The van der Waals surface area contributed by atoms with Gasteiger partial charge in [0, 0.05) is 36.2 Å². The number of fused-ring (bicyclic) bond motifs is 1. The molecule has 0 bridgehead atoms. The summed E-state index contributed by atoms with van der Waals surface area (Å²) in [6, 6.07) is 12.7. The van der Waals surface area contributed by atoms with Gasteiger partial charge >= 0.3 is 6.09 Å². The third-order valence-electron chi connectivity index (χ3n) is 6.39. The van der Waals surface area contributed by atoms with Crippen molar-refractivity contribution in [3.05, 3.63) is 81.9 Å². The van der Waals surface area contributed by atoms with Gasteiger partial charge in [0.05, 0.1) is 24.2 Å². The predicted molar refractivity (Wildman–Crippen MR) is 143 cm³/mol. The molecule has 3 aromatic rings. The Balaban J connectivity index is 1.91. The molecule has 206 valence electrons. The van der Waals surface area contributed by atoms with Crippen molar-refractivity contribution in [2.75, 3.05) is 20.7 Å². The zero-order valence-electron chi connectivity index (χ0n) is 22.2. The van der Waals surface area contributed by atoms with Gasteiger partial charge in [-0.2, -0.15) is 0 Å². The lowest BCUT2D eigenvalue weighted by atomic mass is 9.85. The van der Waals surface area contributed by atoms with Crippen LogP contribution in [-0.4, -0.2) is 43.2 Å². The van der Waals surface area contributed by atoms with Gasteiger partial charge in [-0.05, 0) is 38.5 Å². The first kappa shape index (κ1) is 28.2. The van der Waals surface area contributed by atoms with Crippen LogP contribution in [0.25, 0.3) is 11.1 Å². The molecule has 39 heavy (non-hydrogen) atoms. The van der Waals surface area contributed by atoms with E-state index in [0.29, 0.717) is 11.1 Å². The van der Waals surface area contributed by atoms with Gasteiger partial charge in [0.1, 0.15) is 17.2 Å². The average molecular weight is 559 g/mol. The molecule has 0 spiro atoms. The Hall–Kier alpha value is -3.85. The van der Waals surface area contributed by atoms with Crippen LogP contribution in [0.4, 0.5) is 13.6 Å². The van der Waals surface area contributed by atoms with Crippen molar-refractivity contribution in [2.24, 2.45) is 5.73 Å². The van der Waals surface area contributed by atoms with Gasteiger partial charge in [0.15, 0.2) is 17.2 Å². The molecule has 2 N–H and O–H groups in total. The van der Waals surface area contributed by atoms with Crippen LogP contribution in [0.5, 0.6) is 11.5 Å². The molecule has 0 unspecified atom stereocenters. The molecule has 0 fully saturated rings. The van der Waals surface area contributed by atoms with Gasteiger partial charge < -0.3 is 24.8 Å². The molecular weight excluding hydrogens is 530 g/mol. The highest BCUT2D eigenvalue weighted by atomic mass is 35.5. The van der Waals surface area contributed by atoms with E-state index in [-0.39, 0.29) is 41.2 Å². The van der Waals surface area contributed by atoms with E-state index in [1.165, 1.54) is 24.1 Å². The SMILES string of the molecule is COc1ccc(C(N)=O)c(-c2c(Cl)c(F)cc3c2C[C@@](CN(C)C(=O)OC(C)(C)C)(c2ccccc2)O3)c1F. The lowest BCUT2D eigenvalue weighted by Crippen LogP contribution is -2.46. The molecule has 0 radical (unpaired) electrons. The van der Waals surface area contributed by atoms with E-state index in [9.17, 15) is 9.59 Å². The van der Waals surface area contributed by atoms with Crippen molar-refractivity contribution in [2.45, 2.75) is 38.4 Å². The van der Waals surface area contributed by atoms with Crippen molar-refractivity contribution in [3.63, 3.8) is 0 Å². The average Bonchev–Trinajstić information content (AvgIpc) is 3.23. The molecule has 4 rings (SSSR count). The number of nitrogens with zero attached hydrogens (tertiary/aromatic N) is 1. The van der Waals surface area contributed by atoms with Crippen molar-refractivity contribution in [1.29, 1.82) is 0 Å². The minimum atomic E-state index is -1.22. The number of carbonyl (C=O) groups is 2. The van der Waals surface area contributed by atoms with Crippen LogP contribution in [0.15, 0.2) is 48.5 Å². The summed E-state index contributed by atoms with van der Waals surface area (Å²) in [4.78, 5) is 26.6. The molecular formula is C29H29ClF2N2O5. The molecule has 10 heteroatoms. The number of primary amides is 1. The fourth-order valence-electron chi connectivity index (χ4n) is 4.73. The van der Waals surface area contributed by atoms with E-state index < -0.39 is 39.9 Å². The molecule has 0 saturated carbocycles. The van der Waals surface area contributed by atoms with Gasteiger partial charge in [-0.3, -0.25) is 4.79 Å². The first-order valence-corrected chi connectivity index (χ1v) is 12.5. The Labute approximate surface area is 230 Å². The Morgan fingerprint density at radius 3 is 2.38 bits per heavy atom. The predicted octanol–water partition coefficient (Wildman–Crippen LogP) is 6.09. The highest BCUT2D eigenvalue weighted by molar-refractivity contribution is 6.34. The quantitative estimate of drug-likeness (QED) is 0.395. The topological polar surface area (TPSA) is 91.1 Å². The largest absolute Gasteiger partial charge is 0.494 e. The van der Waals surface area contributed by atoms with Crippen molar-refractivity contribution >= 4 is 23.6 Å². The number of ether oxygens (including phenoxy) is 3. The number of benzene rings is 3. The maximum atomic E-state index is 15.7. The maximum Gasteiger partial charge on any atom is 0.410 e. The van der Waals surface area contributed by atoms with Crippen LogP contribution in [0.3, 0.4) is 0 Å². The summed E-state index contributed by atoms with van der Waals surface area (Å²) in [5, 5.41) is -0.406. The minimum absolute atomic E-state index is 0.00253. The fraction of sp³-hybridized carbons (Fsp3) is 0.310. The Morgan fingerprint density at radius 1 is 1.13 bits per heavy atom. The summed E-state index contributed by atoms with van der Waals surface area (Å²) >= 11 is 6.45. The van der Waals surface area contributed by atoms with Gasteiger partial charge in [-0.1, -0.05) is 41.9 Å². The Morgan fingerprint density at radius 2 is 1.79 bits per heavy atom. The molecule has 0 saturated heterocycles. The molecule has 3 aromatic carbocycles. The third kappa shape index (κ3) is 5.36. The summed E-state index contributed by atoms with van der Waals surface area (Å²) in [5.74, 6) is -2.83. The van der Waals surface area contributed by atoms with Crippen molar-refractivity contribution in [3.8, 4) is 22.6 Å². The van der Waals surface area contributed by atoms with Crippen LogP contribution >= 0.6 is 11.6 Å². The molecule has 1 atom stereocenters. The maximum absolute atomic E-state index is 15.7. The number of halogens is 3. The third-order valence-corrected chi connectivity index (χ3v) is 6.76. The summed E-state index contributed by atoms with van der Waals surface area (Å²) in [6.45, 7) is 5.26. The number of rotatable bonds is 6. The number of methoxy groups -OCH3 is 1. The minimum Gasteiger partial charge on any atom is -0.494 e. The first-order valence-electron chi connectivity index (χ1n) is 12.1. The summed E-state index contributed by atoms with van der Waals surface area (Å²) in [6.07, 6.45) is -0.527. The van der Waals surface area contributed by atoms with Crippen LogP contribution in [0.1, 0.15) is 42.3 Å². The number of carbonyl (C=O) groups excluding carboxylic acids is 2. The normalized spacial score (nSPS) is 16.3. The van der Waals surface area contributed by atoms with E-state index in [4.69, 9.17) is 31.5 Å². The zero-order chi connectivity index (χ0) is 28.7. The fourth-order valence-corrected chi connectivity index (χ4v) is 5.00. The van der Waals surface area contributed by atoms with Crippen LogP contribution in [-0.2, 0) is 16.8 Å². The zero-order valence-corrected chi connectivity index (χ0v) is 23.0. The number of hydrogen-bond donors (Lipinski definition) is 1. The van der Waals surface area contributed by atoms with E-state index >= 15 is 8.78 Å². The van der Waals surface area contributed by atoms with E-state index in [0.717, 1.165) is 6.07 Å².